The van der Waals surface area contributed by atoms with E-state index in [2.05, 4.69) is 10.6 Å². The highest BCUT2D eigenvalue weighted by atomic mass is 16.2. The van der Waals surface area contributed by atoms with Crippen molar-refractivity contribution in [2.24, 2.45) is 0 Å². The molecule has 0 saturated heterocycles. The van der Waals surface area contributed by atoms with E-state index in [4.69, 9.17) is 0 Å². The lowest BCUT2D eigenvalue weighted by Gasteiger charge is -2.15. The largest absolute Gasteiger partial charge is 0.352 e. The van der Waals surface area contributed by atoms with Gasteiger partial charge in [0.2, 0.25) is 11.8 Å². The maximum atomic E-state index is 12.0. The van der Waals surface area contributed by atoms with E-state index < -0.39 is 0 Å². The lowest BCUT2D eigenvalue weighted by molar-refractivity contribution is -0.117. The number of amides is 3. The SMILES string of the molecule is CC(=O)N(C)c1ccc(NC(=O)CCCNC(=O)c2ccccc2)cc1. The first kappa shape index (κ1) is 19.2. The van der Waals surface area contributed by atoms with Crippen molar-refractivity contribution < 1.29 is 14.4 Å². The summed E-state index contributed by atoms with van der Waals surface area (Å²) in [5.41, 5.74) is 2.04. The van der Waals surface area contributed by atoms with Crippen LogP contribution in [0.4, 0.5) is 11.4 Å². The summed E-state index contributed by atoms with van der Waals surface area (Å²) in [6.07, 6.45) is 0.861. The molecule has 26 heavy (non-hydrogen) atoms. The third kappa shape index (κ3) is 5.73. The van der Waals surface area contributed by atoms with Crippen LogP contribution < -0.4 is 15.5 Å². The standard InChI is InChI=1S/C20H23N3O3/c1-15(24)23(2)18-12-10-17(11-13-18)22-19(25)9-6-14-21-20(26)16-7-4-3-5-8-16/h3-5,7-8,10-13H,6,9,14H2,1-2H3,(H,21,26)(H,22,25). The third-order valence-corrected chi connectivity index (χ3v) is 3.91. The van der Waals surface area contributed by atoms with Gasteiger partial charge >= 0.3 is 0 Å². The molecule has 2 aromatic carbocycles. The first-order chi connectivity index (χ1) is 12.5. The zero-order valence-electron chi connectivity index (χ0n) is 15.0. The first-order valence-electron chi connectivity index (χ1n) is 8.45. The molecule has 2 aromatic rings. The highest BCUT2D eigenvalue weighted by Crippen LogP contribution is 2.17. The fraction of sp³-hybridized carbons (Fsp3) is 0.250. The Hall–Kier alpha value is -3.15. The Kier molecular flexibility index (Phi) is 6.91. The zero-order valence-corrected chi connectivity index (χ0v) is 15.0. The molecular weight excluding hydrogens is 330 g/mol. The highest BCUT2D eigenvalue weighted by Gasteiger charge is 2.07. The Morgan fingerprint density at radius 1 is 0.962 bits per heavy atom. The van der Waals surface area contributed by atoms with Crippen molar-refractivity contribution in [3.8, 4) is 0 Å². The smallest absolute Gasteiger partial charge is 0.251 e. The van der Waals surface area contributed by atoms with Crippen LogP contribution in [0, 0.1) is 0 Å². The van der Waals surface area contributed by atoms with Crippen molar-refractivity contribution in [2.45, 2.75) is 19.8 Å². The van der Waals surface area contributed by atoms with Crippen molar-refractivity contribution in [1.82, 2.24) is 5.32 Å². The van der Waals surface area contributed by atoms with Crippen LogP contribution in [-0.4, -0.2) is 31.3 Å². The van der Waals surface area contributed by atoms with Crippen molar-refractivity contribution in [2.75, 3.05) is 23.8 Å². The van der Waals surface area contributed by atoms with Gasteiger partial charge in [0, 0.05) is 43.9 Å². The molecule has 0 heterocycles. The zero-order chi connectivity index (χ0) is 18.9. The second-order valence-electron chi connectivity index (χ2n) is 5.90. The van der Waals surface area contributed by atoms with Crippen LogP contribution in [-0.2, 0) is 9.59 Å². The molecule has 0 aliphatic carbocycles. The summed E-state index contributed by atoms with van der Waals surface area (Å²) in [7, 11) is 1.69. The number of rotatable bonds is 7. The molecule has 0 radical (unpaired) electrons. The molecule has 0 spiro atoms. The Bertz CT molecular complexity index is 758. The lowest BCUT2D eigenvalue weighted by Crippen LogP contribution is -2.25. The Morgan fingerprint density at radius 2 is 1.62 bits per heavy atom. The van der Waals surface area contributed by atoms with E-state index >= 15 is 0 Å². The van der Waals surface area contributed by atoms with Gasteiger partial charge in [-0.15, -0.1) is 0 Å². The molecule has 0 bridgehead atoms. The maximum absolute atomic E-state index is 12.0. The van der Waals surface area contributed by atoms with Gasteiger partial charge in [-0.05, 0) is 42.8 Å². The van der Waals surface area contributed by atoms with Gasteiger partial charge in [-0.1, -0.05) is 18.2 Å². The Labute approximate surface area is 153 Å². The summed E-state index contributed by atoms with van der Waals surface area (Å²) < 4.78 is 0. The van der Waals surface area contributed by atoms with E-state index in [0.717, 1.165) is 5.69 Å². The predicted octanol–water partition coefficient (Wildman–Crippen LogP) is 2.82. The second-order valence-corrected chi connectivity index (χ2v) is 5.90. The molecule has 0 fully saturated rings. The minimum Gasteiger partial charge on any atom is -0.352 e. The molecule has 2 N–H and O–H groups in total. The highest BCUT2D eigenvalue weighted by molar-refractivity contribution is 5.94. The fourth-order valence-electron chi connectivity index (χ4n) is 2.32. The minimum absolute atomic E-state index is 0.0562. The van der Waals surface area contributed by atoms with Crippen LogP contribution in [0.1, 0.15) is 30.1 Å². The summed E-state index contributed by atoms with van der Waals surface area (Å²) in [6.45, 7) is 1.93. The molecule has 0 atom stereocenters. The fourth-order valence-corrected chi connectivity index (χ4v) is 2.32. The van der Waals surface area contributed by atoms with E-state index in [1.165, 1.54) is 11.8 Å². The number of hydrogen-bond donors (Lipinski definition) is 2. The van der Waals surface area contributed by atoms with E-state index in [0.29, 0.717) is 30.6 Å². The molecule has 0 unspecified atom stereocenters. The van der Waals surface area contributed by atoms with E-state index in [-0.39, 0.29) is 17.7 Å². The third-order valence-electron chi connectivity index (χ3n) is 3.91. The van der Waals surface area contributed by atoms with Crippen LogP contribution >= 0.6 is 0 Å². The molecule has 6 nitrogen and oxygen atoms in total. The van der Waals surface area contributed by atoms with Gasteiger partial charge in [0.1, 0.15) is 0 Å². The van der Waals surface area contributed by atoms with Crippen LogP contribution in [0.3, 0.4) is 0 Å². The van der Waals surface area contributed by atoms with Gasteiger partial charge in [-0.2, -0.15) is 0 Å². The van der Waals surface area contributed by atoms with Gasteiger partial charge in [0.05, 0.1) is 0 Å². The van der Waals surface area contributed by atoms with Crippen LogP contribution in [0.5, 0.6) is 0 Å². The Morgan fingerprint density at radius 3 is 2.23 bits per heavy atom. The lowest BCUT2D eigenvalue weighted by atomic mass is 10.2. The van der Waals surface area contributed by atoms with Gasteiger partial charge in [-0.3, -0.25) is 14.4 Å². The number of anilines is 2. The summed E-state index contributed by atoms with van der Waals surface area (Å²) >= 11 is 0. The van der Waals surface area contributed by atoms with Crippen molar-refractivity contribution >= 4 is 29.1 Å². The molecule has 2 rings (SSSR count). The van der Waals surface area contributed by atoms with Gasteiger partial charge in [0.25, 0.3) is 5.91 Å². The number of carbonyl (C=O) groups is 3. The predicted molar refractivity (Wildman–Crippen MR) is 102 cm³/mol. The molecule has 0 aliphatic rings. The molecule has 0 aliphatic heterocycles. The normalized spacial score (nSPS) is 10.1. The monoisotopic (exact) mass is 353 g/mol. The quantitative estimate of drug-likeness (QED) is 0.751. The van der Waals surface area contributed by atoms with Crippen LogP contribution in [0.15, 0.2) is 54.6 Å². The molecular formula is C20H23N3O3. The molecule has 136 valence electrons. The van der Waals surface area contributed by atoms with Gasteiger partial charge in [0.15, 0.2) is 0 Å². The van der Waals surface area contributed by atoms with Crippen LogP contribution in [0.2, 0.25) is 0 Å². The van der Waals surface area contributed by atoms with Gasteiger partial charge in [-0.25, -0.2) is 0 Å². The average molecular weight is 353 g/mol. The van der Waals surface area contributed by atoms with E-state index in [1.807, 2.05) is 18.2 Å². The van der Waals surface area contributed by atoms with E-state index in [1.54, 1.807) is 43.4 Å². The van der Waals surface area contributed by atoms with Gasteiger partial charge < -0.3 is 15.5 Å². The number of carbonyl (C=O) groups excluding carboxylic acids is 3. The molecule has 0 aromatic heterocycles. The number of hydrogen-bond acceptors (Lipinski definition) is 3. The molecule has 0 saturated carbocycles. The summed E-state index contributed by atoms with van der Waals surface area (Å²) in [6, 6.07) is 16.0. The summed E-state index contributed by atoms with van der Waals surface area (Å²) in [5, 5.41) is 5.59. The van der Waals surface area contributed by atoms with Crippen LogP contribution in [0.25, 0.3) is 0 Å². The molecule has 6 heteroatoms. The second kappa shape index (κ2) is 9.36. The molecule has 3 amide bonds. The summed E-state index contributed by atoms with van der Waals surface area (Å²) in [5.74, 6) is -0.317. The van der Waals surface area contributed by atoms with E-state index in [9.17, 15) is 14.4 Å². The topological polar surface area (TPSA) is 78.5 Å². The Balaban J connectivity index is 1.72. The minimum atomic E-state index is -0.142. The van der Waals surface area contributed by atoms with Crippen molar-refractivity contribution in [3.05, 3.63) is 60.2 Å². The van der Waals surface area contributed by atoms with Crippen molar-refractivity contribution in [1.29, 1.82) is 0 Å². The number of nitrogens with one attached hydrogen (secondary N) is 2. The van der Waals surface area contributed by atoms with Crippen molar-refractivity contribution in [3.63, 3.8) is 0 Å². The number of benzene rings is 2. The summed E-state index contributed by atoms with van der Waals surface area (Å²) in [4.78, 5) is 36.7. The first-order valence-corrected chi connectivity index (χ1v) is 8.45. The average Bonchev–Trinajstić information content (AvgIpc) is 2.65. The number of nitrogens with zero attached hydrogens (tertiary/aromatic N) is 1. The maximum Gasteiger partial charge on any atom is 0.251 e.